The van der Waals surface area contributed by atoms with Crippen LogP contribution in [-0.4, -0.2) is 32.5 Å². The van der Waals surface area contributed by atoms with Gasteiger partial charge >= 0.3 is 0 Å². The molecule has 3 rings (SSSR count). The summed E-state index contributed by atoms with van der Waals surface area (Å²) in [7, 11) is -2.25. The largest absolute Gasteiger partial charge is 0.480 e. The first kappa shape index (κ1) is 18.3. The van der Waals surface area contributed by atoms with Crippen molar-refractivity contribution in [3.05, 3.63) is 53.7 Å². The molecule has 26 heavy (non-hydrogen) atoms. The number of rotatable bonds is 5. The Balaban J connectivity index is 1.79. The number of carbonyl (C=O) groups excluding carboxylic acids is 1. The number of methoxy groups -OCH3 is 1. The van der Waals surface area contributed by atoms with Crippen LogP contribution < -0.4 is 15.2 Å². The van der Waals surface area contributed by atoms with Crippen molar-refractivity contribution in [2.75, 3.05) is 7.11 Å². The molecular formula is C18H21N3O4S. The third-order valence-corrected chi connectivity index (χ3v) is 5.82. The second kappa shape index (κ2) is 6.37. The number of benzene rings is 1. The fraction of sp³-hybridized carbons (Fsp3) is 0.333. The summed E-state index contributed by atoms with van der Waals surface area (Å²) in [6, 6.07) is 9.71. The SMILES string of the molecule is COc1ncccc1C(=O)N[C@H]1[C@H](c2ccc(S(N)(=O)=O)cc2)C1(C)C. The minimum absolute atomic E-state index is 0.0698. The Bertz CT molecular complexity index is 939. The molecule has 0 spiro atoms. The molecule has 0 aliphatic heterocycles. The van der Waals surface area contributed by atoms with Gasteiger partial charge in [0.25, 0.3) is 5.91 Å². The average molecular weight is 375 g/mol. The first-order valence-corrected chi connectivity index (χ1v) is 9.63. The highest BCUT2D eigenvalue weighted by molar-refractivity contribution is 7.89. The molecule has 0 saturated heterocycles. The van der Waals surface area contributed by atoms with Gasteiger partial charge in [-0.05, 0) is 35.2 Å². The van der Waals surface area contributed by atoms with Crippen LogP contribution in [0, 0.1) is 5.41 Å². The molecule has 1 aromatic carbocycles. The van der Waals surface area contributed by atoms with E-state index in [-0.39, 0.29) is 34.1 Å². The predicted molar refractivity (Wildman–Crippen MR) is 96.4 cm³/mol. The minimum Gasteiger partial charge on any atom is -0.480 e. The van der Waals surface area contributed by atoms with Gasteiger partial charge < -0.3 is 10.1 Å². The molecule has 2 atom stereocenters. The summed E-state index contributed by atoms with van der Waals surface area (Å²) in [5.41, 5.74) is 1.17. The van der Waals surface area contributed by atoms with Gasteiger partial charge in [-0.2, -0.15) is 0 Å². The van der Waals surface area contributed by atoms with E-state index in [2.05, 4.69) is 24.1 Å². The normalized spacial score (nSPS) is 21.1. The zero-order valence-corrected chi connectivity index (χ0v) is 15.6. The van der Waals surface area contributed by atoms with E-state index in [0.717, 1.165) is 5.56 Å². The van der Waals surface area contributed by atoms with Crippen LogP contribution >= 0.6 is 0 Å². The van der Waals surface area contributed by atoms with E-state index in [0.29, 0.717) is 5.56 Å². The molecular weight excluding hydrogens is 354 g/mol. The smallest absolute Gasteiger partial charge is 0.257 e. The third kappa shape index (κ3) is 3.30. The van der Waals surface area contributed by atoms with Crippen LogP contribution in [0.1, 0.15) is 35.7 Å². The standard InChI is InChI=1S/C18H21N3O4S/c1-18(2)14(11-6-8-12(9-7-11)26(19,23)24)15(18)21-16(22)13-5-4-10-20-17(13)25-3/h4-10,14-15H,1-3H3,(H,21,22)(H2,19,23,24)/t14-,15-/m0/s1. The van der Waals surface area contributed by atoms with Crippen molar-refractivity contribution in [2.24, 2.45) is 10.6 Å². The van der Waals surface area contributed by atoms with Crippen LogP contribution in [0.3, 0.4) is 0 Å². The first-order chi connectivity index (χ1) is 12.2. The van der Waals surface area contributed by atoms with Crippen molar-refractivity contribution in [1.29, 1.82) is 0 Å². The van der Waals surface area contributed by atoms with Crippen molar-refractivity contribution in [3.8, 4) is 5.88 Å². The van der Waals surface area contributed by atoms with E-state index in [1.807, 2.05) is 0 Å². The third-order valence-electron chi connectivity index (χ3n) is 4.89. The van der Waals surface area contributed by atoms with Crippen molar-refractivity contribution in [2.45, 2.75) is 30.7 Å². The maximum atomic E-state index is 12.6. The van der Waals surface area contributed by atoms with Gasteiger partial charge in [-0.3, -0.25) is 4.79 Å². The summed E-state index contributed by atoms with van der Waals surface area (Å²) >= 11 is 0. The van der Waals surface area contributed by atoms with E-state index in [1.54, 1.807) is 30.5 Å². The van der Waals surface area contributed by atoms with Gasteiger partial charge in [0.2, 0.25) is 15.9 Å². The van der Waals surface area contributed by atoms with Crippen LogP contribution in [-0.2, 0) is 10.0 Å². The number of sulfonamides is 1. The fourth-order valence-corrected chi connectivity index (χ4v) is 3.85. The highest BCUT2D eigenvalue weighted by atomic mass is 32.2. The Labute approximate surface area is 152 Å². The highest BCUT2D eigenvalue weighted by Gasteiger charge is 2.59. The number of nitrogens with two attached hydrogens (primary N) is 1. The number of amides is 1. The number of primary sulfonamides is 1. The number of aromatic nitrogens is 1. The van der Waals surface area contributed by atoms with Crippen molar-refractivity contribution in [1.82, 2.24) is 10.3 Å². The molecule has 1 amide bonds. The summed E-state index contributed by atoms with van der Waals surface area (Å²) in [5, 5.41) is 8.16. The van der Waals surface area contributed by atoms with Crippen LogP contribution in [0.15, 0.2) is 47.5 Å². The zero-order chi connectivity index (χ0) is 19.1. The lowest BCUT2D eigenvalue weighted by atomic mass is 10.0. The Morgan fingerprint density at radius 3 is 2.46 bits per heavy atom. The Hall–Kier alpha value is -2.45. The molecule has 1 aliphatic rings. The minimum atomic E-state index is -3.72. The zero-order valence-electron chi connectivity index (χ0n) is 14.8. The summed E-state index contributed by atoms with van der Waals surface area (Å²) in [6.07, 6.45) is 1.56. The first-order valence-electron chi connectivity index (χ1n) is 8.09. The summed E-state index contributed by atoms with van der Waals surface area (Å²) < 4.78 is 27.9. The molecule has 1 saturated carbocycles. The molecule has 1 aliphatic carbocycles. The second-order valence-electron chi connectivity index (χ2n) is 6.92. The predicted octanol–water partition coefficient (Wildman–Crippen LogP) is 1.66. The molecule has 138 valence electrons. The number of nitrogens with one attached hydrogen (secondary N) is 1. The van der Waals surface area contributed by atoms with Crippen LogP contribution in [0.4, 0.5) is 0 Å². The monoisotopic (exact) mass is 375 g/mol. The molecule has 8 heteroatoms. The van der Waals surface area contributed by atoms with Crippen molar-refractivity contribution >= 4 is 15.9 Å². The van der Waals surface area contributed by atoms with Gasteiger partial charge in [0.1, 0.15) is 5.56 Å². The maximum Gasteiger partial charge on any atom is 0.257 e. The molecule has 0 bridgehead atoms. The van der Waals surface area contributed by atoms with E-state index in [9.17, 15) is 13.2 Å². The molecule has 2 aromatic rings. The van der Waals surface area contributed by atoms with Crippen molar-refractivity contribution in [3.63, 3.8) is 0 Å². The van der Waals surface area contributed by atoms with E-state index >= 15 is 0 Å². The maximum absolute atomic E-state index is 12.6. The molecule has 7 nitrogen and oxygen atoms in total. The van der Waals surface area contributed by atoms with Crippen LogP contribution in [0.2, 0.25) is 0 Å². The number of ether oxygens (including phenoxy) is 1. The van der Waals surface area contributed by atoms with Gasteiger partial charge in [-0.1, -0.05) is 26.0 Å². The van der Waals surface area contributed by atoms with E-state index in [4.69, 9.17) is 9.88 Å². The lowest BCUT2D eigenvalue weighted by Gasteiger charge is -2.09. The van der Waals surface area contributed by atoms with Gasteiger partial charge in [-0.15, -0.1) is 0 Å². The number of pyridine rings is 1. The molecule has 0 unspecified atom stereocenters. The number of carbonyl (C=O) groups is 1. The fourth-order valence-electron chi connectivity index (χ4n) is 3.34. The number of nitrogens with zero attached hydrogens (tertiary/aromatic N) is 1. The molecule has 1 aromatic heterocycles. The van der Waals surface area contributed by atoms with Gasteiger partial charge in [0, 0.05) is 18.2 Å². The van der Waals surface area contributed by atoms with Crippen LogP contribution in [0.25, 0.3) is 0 Å². The van der Waals surface area contributed by atoms with E-state index < -0.39 is 10.0 Å². The average Bonchev–Trinajstić information content (AvgIpc) is 3.14. The summed E-state index contributed by atoms with van der Waals surface area (Å²) in [6.45, 7) is 4.10. The molecule has 1 fully saturated rings. The lowest BCUT2D eigenvalue weighted by molar-refractivity contribution is 0.0942. The number of hydrogen-bond acceptors (Lipinski definition) is 5. The number of hydrogen-bond donors (Lipinski definition) is 2. The molecule has 0 radical (unpaired) electrons. The van der Waals surface area contributed by atoms with Gasteiger partial charge in [0.15, 0.2) is 0 Å². The molecule has 1 heterocycles. The van der Waals surface area contributed by atoms with E-state index in [1.165, 1.54) is 19.2 Å². The Morgan fingerprint density at radius 1 is 1.23 bits per heavy atom. The Morgan fingerprint density at radius 2 is 1.88 bits per heavy atom. The Kier molecular flexibility index (Phi) is 4.49. The summed E-state index contributed by atoms with van der Waals surface area (Å²) in [5.74, 6) is 0.0952. The lowest BCUT2D eigenvalue weighted by Crippen LogP contribution is -2.29. The van der Waals surface area contributed by atoms with Gasteiger partial charge in [0.05, 0.1) is 12.0 Å². The van der Waals surface area contributed by atoms with Gasteiger partial charge in [-0.25, -0.2) is 18.5 Å². The van der Waals surface area contributed by atoms with Crippen molar-refractivity contribution < 1.29 is 17.9 Å². The topological polar surface area (TPSA) is 111 Å². The van der Waals surface area contributed by atoms with Crippen LogP contribution in [0.5, 0.6) is 5.88 Å². The quantitative estimate of drug-likeness (QED) is 0.825. The summed E-state index contributed by atoms with van der Waals surface area (Å²) in [4.78, 5) is 16.7. The molecule has 3 N–H and O–H groups in total. The highest BCUT2D eigenvalue weighted by Crippen LogP contribution is 2.58. The second-order valence-corrected chi connectivity index (χ2v) is 8.49.